The fraction of sp³-hybridized carbons (Fsp3) is 0.200. The molecule has 13 heavy (non-hydrogen) atoms. The van der Waals surface area contributed by atoms with Crippen LogP contribution in [-0.2, 0) is 11.2 Å². The van der Waals surface area contributed by atoms with E-state index in [1.54, 1.807) is 6.92 Å². The zero-order valence-electron chi connectivity index (χ0n) is 7.24. The Morgan fingerprint density at radius 1 is 1.38 bits per heavy atom. The van der Waals surface area contributed by atoms with Crippen molar-refractivity contribution in [3.8, 4) is 11.5 Å². The van der Waals surface area contributed by atoms with Gasteiger partial charge < -0.3 is 9.47 Å². The van der Waals surface area contributed by atoms with E-state index in [4.69, 9.17) is 9.47 Å². The zero-order chi connectivity index (χ0) is 9.26. The summed E-state index contributed by atoms with van der Waals surface area (Å²) >= 11 is 0. The maximum atomic E-state index is 10.9. The first-order valence-corrected chi connectivity index (χ1v) is 4.03. The Kier molecular flexibility index (Phi) is 1.93. The van der Waals surface area contributed by atoms with Crippen molar-refractivity contribution in [2.45, 2.75) is 13.3 Å². The summed E-state index contributed by atoms with van der Waals surface area (Å²) in [6, 6.07) is 5.52. The van der Waals surface area contributed by atoms with Crippen molar-refractivity contribution in [2.75, 3.05) is 0 Å². The highest BCUT2D eigenvalue weighted by atomic mass is 16.7. The molecule has 1 aromatic carbocycles. The number of benzene rings is 1. The molecule has 0 spiro atoms. The minimum Gasteiger partial charge on any atom is -0.444 e. The molecule has 0 saturated heterocycles. The number of hydrogen-bond donors (Lipinski definition) is 0. The van der Waals surface area contributed by atoms with Crippen LogP contribution in [-0.4, -0.2) is 5.78 Å². The third-order valence-electron chi connectivity index (χ3n) is 1.84. The maximum Gasteiger partial charge on any atom is 0.316 e. The lowest BCUT2D eigenvalue weighted by Gasteiger charge is -2.02. The summed E-state index contributed by atoms with van der Waals surface area (Å²) in [6.07, 6.45) is 0.389. The van der Waals surface area contributed by atoms with Crippen LogP contribution in [0.2, 0.25) is 0 Å². The van der Waals surface area contributed by atoms with Crippen LogP contribution in [0.3, 0.4) is 0 Å². The highest BCUT2D eigenvalue weighted by molar-refractivity contribution is 5.79. The van der Waals surface area contributed by atoms with E-state index in [-0.39, 0.29) is 5.78 Å². The van der Waals surface area contributed by atoms with Crippen LogP contribution in [0, 0.1) is 6.79 Å². The van der Waals surface area contributed by atoms with Crippen molar-refractivity contribution in [2.24, 2.45) is 0 Å². The monoisotopic (exact) mass is 177 g/mol. The zero-order valence-corrected chi connectivity index (χ0v) is 7.24. The average molecular weight is 177 g/mol. The number of hydrogen-bond acceptors (Lipinski definition) is 3. The van der Waals surface area contributed by atoms with Crippen LogP contribution < -0.4 is 9.47 Å². The number of carbonyl (C=O) groups excluding carboxylic acids is 1. The number of ether oxygens (including phenoxy) is 2. The van der Waals surface area contributed by atoms with Crippen molar-refractivity contribution in [1.29, 1.82) is 0 Å². The molecular weight excluding hydrogens is 168 g/mol. The topological polar surface area (TPSA) is 35.5 Å². The van der Waals surface area contributed by atoms with Gasteiger partial charge in [0.25, 0.3) is 0 Å². The lowest BCUT2D eigenvalue weighted by Crippen LogP contribution is -1.97. The highest BCUT2D eigenvalue weighted by Gasteiger charge is 2.18. The number of fused-ring (bicyclic) bond motifs is 1. The van der Waals surface area contributed by atoms with Gasteiger partial charge in [0.15, 0.2) is 11.5 Å². The molecule has 0 amide bonds. The molecule has 0 atom stereocenters. The smallest absolute Gasteiger partial charge is 0.316 e. The van der Waals surface area contributed by atoms with Crippen LogP contribution in [0.5, 0.6) is 11.5 Å². The van der Waals surface area contributed by atoms with Gasteiger partial charge in [-0.05, 0) is 13.0 Å². The molecule has 3 heteroatoms. The largest absolute Gasteiger partial charge is 0.444 e. The Labute approximate surface area is 76.3 Å². The van der Waals surface area contributed by atoms with Gasteiger partial charge in [0, 0.05) is 12.0 Å². The van der Waals surface area contributed by atoms with E-state index in [2.05, 4.69) is 0 Å². The lowest BCUT2D eigenvalue weighted by atomic mass is 10.1. The molecule has 0 bridgehead atoms. The summed E-state index contributed by atoms with van der Waals surface area (Å²) in [5.41, 5.74) is 0.874. The first kappa shape index (κ1) is 8.10. The van der Waals surface area contributed by atoms with Crippen molar-refractivity contribution in [3.63, 3.8) is 0 Å². The molecule has 1 radical (unpaired) electrons. The fourth-order valence-corrected chi connectivity index (χ4v) is 1.32. The van der Waals surface area contributed by atoms with Crippen molar-refractivity contribution >= 4 is 5.78 Å². The van der Waals surface area contributed by atoms with E-state index < -0.39 is 0 Å². The van der Waals surface area contributed by atoms with Gasteiger partial charge >= 0.3 is 6.79 Å². The van der Waals surface area contributed by atoms with Crippen molar-refractivity contribution in [3.05, 3.63) is 30.6 Å². The van der Waals surface area contributed by atoms with E-state index in [1.807, 2.05) is 18.2 Å². The number of ketones is 1. The molecule has 1 aliphatic rings. The molecule has 0 aromatic heterocycles. The number of rotatable bonds is 2. The number of Topliss-reactive ketones (excluding diaryl/α,β-unsaturated/α-hetero) is 1. The number of para-hydroxylation sites is 1. The number of carbonyl (C=O) groups is 1. The quantitative estimate of drug-likeness (QED) is 0.689. The molecule has 1 aromatic rings. The van der Waals surface area contributed by atoms with Crippen LogP contribution in [0.1, 0.15) is 12.5 Å². The molecule has 0 saturated carbocycles. The molecular formula is C10H9O3. The van der Waals surface area contributed by atoms with E-state index in [1.165, 1.54) is 6.79 Å². The van der Waals surface area contributed by atoms with Gasteiger partial charge in [-0.1, -0.05) is 12.1 Å². The van der Waals surface area contributed by atoms with Gasteiger partial charge in [-0.15, -0.1) is 0 Å². The maximum absolute atomic E-state index is 10.9. The second kappa shape index (κ2) is 3.09. The summed E-state index contributed by atoms with van der Waals surface area (Å²) in [6.45, 7) is 2.83. The molecule has 0 aliphatic carbocycles. The minimum atomic E-state index is 0.115. The standard InChI is InChI=1S/C10H9O3/c1-7(11)5-8-3-2-4-9-10(8)13-6-12-9/h2-4,6H,5H2,1H3. The third kappa shape index (κ3) is 1.49. The molecule has 3 nitrogen and oxygen atoms in total. The summed E-state index contributed by atoms with van der Waals surface area (Å²) in [5, 5.41) is 0. The minimum absolute atomic E-state index is 0.115. The predicted octanol–water partition coefficient (Wildman–Crippen LogP) is 1.71. The first-order chi connectivity index (χ1) is 6.27. The second-order valence-corrected chi connectivity index (χ2v) is 2.96. The Hall–Kier alpha value is -1.51. The van der Waals surface area contributed by atoms with Gasteiger partial charge in [-0.2, -0.15) is 0 Å². The molecule has 2 rings (SSSR count). The third-order valence-corrected chi connectivity index (χ3v) is 1.84. The second-order valence-electron chi connectivity index (χ2n) is 2.96. The van der Waals surface area contributed by atoms with Crippen LogP contribution in [0.25, 0.3) is 0 Å². The fourth-order valence-electron chi connectivity index (χ4n) is 1.32. The van der Waals surface area contributed by atoms with Gasteiger partial charge in [0.2, 0.25) is 0 Å². The van der Waals surface area contributed by atoms with Crippen LogP contribution >= 0.6 is 0 Å². The molecule has 67 valence electrons. The molecule has 0 N–H and O–H groups in total. The molecule has 0 unspecified atom stereocenters. The normalized spacial score (nSPS) is 13.0. The van der Waals surface area contributed by atoms with E-state index >= 15 is 0 Å². The Morgan fingerprint density at radius 3 is 3.00 bits per heavy atom. The Balaban J connectivity index is 2.36. The Morgan fingerprint density at radius 2 is 2.23 bits per heavy atom. The van der Waals surface area contributed by atoms with Crippen molar-refractivity contribution < 1.29 is 14.3 Å². The van der Waals surface area contributed by atoms with Gasteiger partial charge in [0.05, 0.1) is 0 Å². The average Bonchev–Trinajstić information content (AvgIpc) is 2.51. The lowest BCUT2D eigenvalue weighted by molar-refractivity contribution is -0.116. The Bertz CT molecular complexity index is 344. The summed E-state index contributed by atoms with van der Waals surface area (Å²) in [4.78, 5) is 10.9. The first-order valence-electron chi connectivity index (χ1n) is 4.03. The summed E-state index contributed by atoms with van der Waals surface area (Å²) in [5.74, 6) is 1.46. The predicted molar refractivity (Wildman–Crippen MR) is 46.4 cm³/mol. The van der Waals surface area contributed by atoms with E-state index in [9.17, 15) is 4.79 Å². The SMILES string of the molecule is CC(=O)Cc1cccc2c1O[CH]O2. The van der Waals surface area contributed by atoms with Crippen LogP contribution in [0.15, 0.2) is 18.2 Å². The van der Waals surface area contributed by atoms with Gasteiger partial charge in [-0.3, -0.25) is 4.79 Å². The van der Waals surface area contributed by atoms with E-state index in [0.29, 0.717) is 17.9 Å². The van der Waals surface area contributed by atoms with Crippen molar-refractivity contribution in [1.82, 2.24) is 0 Å². The van der Waals surface area contributed by atoms with Gasteiger partial charge in [0.1, 0.15) is 5.78 Å². The summed E-state index contributed by atoms with van der Waals surface area (Å²) < 4.78 is 10.2. The van der Waals surface area contributed by atoms with Gasteiger partial charge in [-0.25, -0.2) is 0 Å². The highest BCUT2D eigenvalue weighted by Crippen LogP contribution is 2.36. The molecule has 0 fully saturated rings. The van der Waals surface area contributed by atoms with Crippen LogP contribution in [0.4, 0.5) is 0 Å². The molecule has 1 aliphatic heterocycles. The molecule has 1 heterocycles. The summed E-state index contributed by atoms with van der Waals surface area (Å²) in [7, 11) is 0. The van der Waals surface area contributed by atoms with E-state index in [0.717, 1.165) is 5.56 Å².